The lowest BCUT2D eigenvalue weighted by Crippen LogP contribution is -2.61. The average molecular weight is 344 g/mol. The van der Waals surface area contributed by atoms with Crippen molar-refractivity contribution in [1.29, 1.82) is 0 Å². The molecule has 2 aliphatic carbocycles. The second kappa shape index (κ2) is 4.56. The maximum absolute atomic E-state index is 13.2. The van der Waals surface area contributed by atoms with Crippen LogP contribution in [0.4, 0.5) is 0 Å². The highest BCUT2D eigenvalue weighted by Crippen LogP contribution is 2.71. The highest BCUT2D eigenvalue weighted by atomic mass is 16.6. The largest absolute Gasteiger partial charge is 0.472 e. The SMILES string of the molecule is C[C@@H]1C(=O)C[C@@]2(C)[C@H](CC[C@H]3O[C@]32C)[C@@]12C[C@@H](c1ccoc1)OC2=O. The Balaban J connectivity index is 1.61. The summed E-state index contributed by atoms with van der Waals surface area (Å²) in [6, 6.07) is 1.84. The first kappa shape index (κ1) is 15.6. The quantitative estimate of drug-likeness (QED) is 0.577. The van der Waals surface area contributed by atoms with Crippen LogP contribution in [0.2, 0.25) is 0 Å². The number of furan rings is 1. The number of hydrogen-bond donors (Lipinski definition) is 0. The van der Waals surface area contributed by atoms with Crippen molar-refractivity contribution < 1.29 is 23.5 Å². The summed E-state index contributed by atoms with van der Waals surface area (Å²) < 4.78 is 17.0. The van der Waals surface area contributed by atoms with E-state index in [1.807, 2.05) is 13.0 Å². The van der Waals surface area contributed by atoms with E-state index < -0.39 is 5.41 Å². The molecule has 0 N–H and O–H groups in total. The van der Waals surface area contributed by atoms with Crippen molar-refractivity contribution in [3.63, 3.8) is 0 Å². The number of Topliss-reactive ketones (excluding diaryl/α,β-unsaturated/α-hetero) is 1. The molecule has 0 unspecified atom stereocenters. The van der Waals surface area contributed by atoms with Crippen LogP contribution in [0.15, 0.2) is 23.0 Å². The summed E-state index contributed by atoms with van der Waals surface area (Å²) in [5, 5.41) is 0. The van der Waals surface area contributed by atoms with E-state index in [1.54, 1.807) is 12.5 Å². The van der Waals surface area contributed by atoms with Crippen LogP contribution >= 0.6 is 0 Å². The number of carbonyl (C=O) groups is 2. The molecule has 5 nitrogen and oxygen atoms in total. The first-order chi connectivity index (χ1) is 11.8. The molecular formula is C20H24O5. The van der Waals surface area contributed by atoms with Gasteiger partial charge in [-0.15, -0.1) is 0 Å². The summed E-state index contributed by atoms with van der Waals surface area (Å²) in [5.41, 5.74) is -0.456. The predicted octanol–water partition coefficient (Wildman–Crippen LogP) is 3.44. The molecule has 1 spiro atoms. The number of esters is 1. The molecule has 0 amide bonds. The van der Waals surface area contributed by atoms with Gasteiger partial charge in [-0.1, -0.05) is 13.8 Å². The average Bonchev–Trinajstić information content (AvgIpc) is 2.94. The van der Waals surface area contributed by atoms with E-state index in [4.69, 9.17) is 13.9 Å². The first-order valence-corrected chi connectivity index (χ1v) is 9.26. The number of cyclic esters (lactones) is 1. The molecule has 5 heteroatoms. The number of fused-ring (bicyclic) bond motifs is 4. The van der Waals surface area contributed by atoms with Crippen LogP contribution in [0.3, 0.4) is 0 Å². The van der Waals surface area contributed by atoms with Crippen molar-refractivity contribution in [1.82, 2.24) is 0 Å². The second-order valence-corrected chi connectivity index (χ2v) is 8.82. The van der Waals surface area contributed by atoms with Gasteiger partial charge in [-0.2, -0.15) is 0 Å². The Morgan fingerprint density at radius 2 is 2.00 bits per heavy atom. The summed E-state index contributed by atoms with van der Waals surface area (Å²) in [5.74, 6) is -0.242. The summed E-state index contributed by atoms with van der Waals surface area (Å²) >= 11 is 0. The zero-order valence-corrected chi connectivity index (χ0v) is 14.9. The number of ether oxygens (including phenoxy) is 2. The molecular weight excluding hydrogens is 320 g/mol. The molecule has 1 aromatic heterocycles. The molecule has 3 heterocycles. The maximum Gasteiger partial charge on any atom is 0.313 e. The number of ketones is 1. The Labute approximate surface area is 147 Å². The van der Waals surface area contributed by atoms with Crippen molar-refractivity contribution in [3.8, 4) is 0 Å². The zero-order chi connectivity index (χ0) is 17.6. The summed E-state index contributed by atoms with van der Waals surface area (Å²) in [7, 11) is 0. The lowest BCUT2D eigenvalue weighted by atomic mass is 9.44. The van der Waals surface area contributed by atoms with Gasteiger partial charge in [-0.05, 0) is 31.7 Å². The molecule has 2 saturated carbocycles. The summed E-state index contributed by atoms with van der Waals surface area (Å²) in [4.78, 5) is 26.2. The molecule has 4 fully saturated rings. The van der Waals surface area contributed by atoms with Crippen LogP contribution < -0.4 is 0 Å². The molecule has 25 heavy (non-hydrogen) atoms. The van der Waals surface area contributed by atoms with Gasteiger partial charge in [0.25, 0.3) is 0 Å². The van der Waals surface area contributed by atoms with Gasteiger partial charge in [0.05, 0.1) is 29.6 Å². The van der Waals surface area contributed by atoms with Crippen molar-refractivity contribution in [2.75, 3.05) is 0 Å². The highest BCUT2D eigenvalue weighted by molar-refractivity contribution is 5.92. The van der Waals surface area contributed by atoms with E-state index in [-0.39, 0.29) is 46.8 Å². The van der Waals surface area contributed by atoms with Crippen LogP contribution in [-0.4, -0.2) is 23.5 Å². The minimum atomic E-state index is -0.744. The van der Waals surface area contributed by atoms with Gasteiger partial charge >= 0.3 is 5.97 Å². The Bertz CT molecular complexity index is 754. The normalized spacial score (nSPS) is 51.2. The molecule has 0 radical (unpaired) electrons. The number of epoxide rings is 1. The fraction of sp³-hybridized carbons (Fsp3) is 0.700. The van der Waals surface area contributed by atoms with E-state index in [0.29, 0.717) is 12.8 Å². The molecule has 0 aromatic carbocycles. The molecule has 4 aliphatic rings. The van der Waals surface area contributed by atoms with Crippen molar-refractivity contribution >= 4 is 11.8 Å². The van der Waals surface area contributed by atoms with Crippen molar-refractivity contribution in [2.24, 2.45) is 22.7 Å². The van der Waals surface area contributed by atoms with Gasteiger partial charge in [0.2, 0.25) is 0 Å². The van der Waals surface area contributed by atoms with Gasteiger partial charge in [0.1, 0.15) is 11.9 Å². The van der Waals surface area contributed by atoms with Crippen LogP contribution in [0.1, 0.15) is 58.1 Å². The number of rotatable bonds is 1. The molecule has 134 valence electrons. The van der Waals surface area contributed by atoms with Crippen molar-refractivity contribution in [2.45, 2.75) is 64.3 Å². The monoisotopic (exact) mass is 344 g/mol. The summed E-state index contributed by atoms with van der Waals surface area (Å²) in [6.07, 6.45) is 6.07. The van der Waals surface area contributed by atoms with Gasteiger partial charge in [-0.3, -0.25) is 9.59 Å². The van der Waals surface area contributed by atoms with E-state index >= 15 is 0 Å². The predicted molar refractivity (Wildman–Crippen MR) is 87.5 cm³/mol. The third-order valence-electron chi connectivity index (χ3n) is 8.05. The third-order valence-corrected chi connectivity index (χ3v) is 8.05. The van der Waals surface area contributed by atoms with Crippen LogP contribution in [-0.2, 0) is 19.1 Å². The van der Waals surface area contributed by atoms with Crippen LogP contribution in [0, 0.1) is 22.7 Å². The molecule has 2 aliphatic heterocycles. The Hall–Kier alpha value is -1.62. The topological polar surface area (TPSA) is 69.0 Å². The van der Waals surface area contributed by atoms with Crippen molar-refractivity contribution in [3.05, 3.63) is 24.2 Å². The zero-order valence-electron chi connectivity index (χ0n) is 14.9. The molecule has 5 rings (SSSR count). The van der Waals surface area contributed by atoms with E-state index in [1.165, 1.54) is 0 Å². The fourth-order valence-corrected chi connectivity index (χ4v) is 6.26. The van der Waals surface area contributed by atoms with Gasteiger partial charge in [-0.25, -0.2) is 0 Å². The first-order valence-electron chi connectivity index (χ1n) is 9.26. The molecule has 2 saturated heterocycles. The fourth-order valence-electron chi connectivity index (χ4n) is 6.26. The van der Waals surface area contributed by atoms with E-state index in [2.05, 4.69) is 13.8 Å². The number of carbonyl (C=O) groups excluding carboxylic acids is 2. The van der Waals surface area contributed by atoms with E-state index in [9.17, 15) is 9.59 Å². The maximum atomic E-state index is 13.2. The van der Waals surface area contributed by atoms with Gasteiger partial charge in [0.15, 0.2) is 0 Å². The smallest absolute Gasteiger partial charge is 0.313 e. The number of hydrogen-bond acceptors (Lipinski definition) is 5. The highest BCUT2D eigenvalue weighted by Gasteiger charge is 2.76. The Kier molecular flexibility index (Phi) is 2.85. The minimum Gasteiger partial charge on any atom is -0.472 e. The van der Waals surface area contributed by atoms with Crippen LogP contribution in [0.25, 0.3) is 0 Å². The summed E-state index contributed by atoms with van der Waals surface area (Å²) in [6.45, 7) is 6.19. The third kappa shape index (κ3) is 1.68. The Morgan fingerprint density at radius 1 is 1.20 bits per heavy atom. The Morgan fingerprint density at radius 3 is 2.72 bits per heavy atom. The molecule has 0 bridgehead atoms. The van der Waals surface area contributed by atoms with E-state index in [0.717, 1.165) is 18.4 Å². The standard InChI is InChI=1S/C20H24O5/c1-11-13(21)8-18(2)15(4-5-16-19(18,3)25-16)20(11)9-14(24-17(20)22)12-6-7-23-10-12/h6-7,10-11,14-16H,4-5,8-9H2,1-3H3/t11-,14+,15+,16-,18+,19-,20-/m1/s1. The lowest BCUT2D eigenvalue weighted by Gasteiger charge is -2.56. The minimum absolute atomic E-state index is 0.112. The molecule has 7 atom stereocenters. The molecule has 1 aromatic rings. The van der Waals surface area contributed by atoms with Gasteiger partial charge in [0, 0.05) is 29.7 Å². The lowest BCUT2D eigenvalue weighted by molar-refractivity contribution is -0.173. The second-order valence-electron chi connectivity index (χ2n) is 8.82. The van der Waals surface area contributed by atoms with Gasteiger partial charge < -0.3 is 13.9 Å². The van der Waals surface area contributed by atoms with Crippen LogP contribution in [0.5, 0.6) is 0 Å².